The van der Waals surface area contributed by atoms with Crippen molar-refractivity contribution < 1.29 is 15.3 Å². The van der Waals surface area contributed by atoms with Crippen molar-refractivity contribution >= 4 is 32.4 Å². The van der Waals surface area contributed by atoms with E-state index in [1.807, 2.05) is 36.0 Å². The summed E-state index contributed by atoms with van der Waals surface area (Å²) in [5.74, 6) is 0. The van der Waals surface area contributed by atoms with Gasteiger partial charge in [-0.2, -0.15) is 0 Å². The number of aliphatic hydroxyl groups is 3. The van der Waals surface area contributed by atoms with Gasteiger partial charge in [0.25, 0.3) is 0 Å². The van der Waals surface area contributed by atoms with Gasteiger partial charge in [0, 0.05) is 34.2 Å². The van der Waals surface area contributed by atoms with Gasteiger partial charge in [-0.1, -0.05) is 29.1 Å². The molecule has 1 aromatic heterocycles. The molecule has 0 amide bonds. The first-order valence-electron chi connectivity index (χ1n) is 6.46. The number of halogens is 1. The second-order valence-electron chi connectivity index (χ2n) is 5.02. The van der Waals surface area contributed by atoms with E-state index in [-0.39, 0.29) is 5.57 Å². The second-order valence-corrected chi connectivity index (χ2v) is 5.93. The highest BCUT2D eigenvalue weighted by Crippen LogP contribution is 2.31. The highest BCUT2D eigenvalue weighted by Gasteiger charge is 2.22. The van der Waals surface area contributed by atoms with E-state index in [0.717, 1.165) is 20.9 Å². The van der Waals surface area contributed by atoms with Crippen LogP contribution in [0.4, 0.5) is 0 Å². The number of rotatable bonds is 5. The average Bonchev–Trinajstić information content (AvgIpc) is 2.80. The number of aliphatic hydroxyl groups excluding tert-OH is 3. The van der Waals surface area contributed by atoms with Crippen molar-refractivity contribution in [3.05, 3.63) is 53.2 Å². The molecule has 0 spiro atoms. The molecule has 0 fully saturated rings. The first-order valence-corrected chi connectivity index (χ1v) is 7.25. The highest BCUT2D eigenvalue weighted by atomic mass is 79.9. The Bertz CT molecular complexity index is 705. The Balaban J connectivity index is 2.44. The van der Waals surface area contributed by atoms with Crippen LogP contribution in [0.2, 0.25) is 0 Å². The molecule has 2 atom stereocenters. The number of nitrogens with zero attached hydrogens (tertiary/aromatic N) is 1. The lowest BCUT2D eigenvalue weighted by molar-refractivity contribution is 0.104. The van der Waals surface area contributed by atoms with Crippen molar-refractivity contribution in [3.8, 4) is 0 Å². The maximum Gasteiger partial charge on any atom is 0.102 e. The van der Waals surface area contributed by atoms with E-state index in [1.165, 1.54) is 0 Å². The van der Waals surface area contributed by atoms with Crippen LogP contribution in [0.5, 0.6) is 0 Å². The molecule has 1 aromatic carbocycles. The molecule has 0 saturated heterocycles. The molecule has 0 saturated carbocycles. The molecule has 0 radical (unpaired) electrons. The summed E-state index contributed by atoms with van der Waals surface area (Å²) in [5, 5.41) is 29.8. The van der Waals surface area contributed by atoms with Gasteiger partial charge in [-0.25, -0.2) is 0 Å². The summed E-state index contributed by atoms with van der Waals surface area (Å²) in [6.45, 7) is 7.08. The molecule has 3 N–H and O–H groups in total. The standard InChI is InChI=1S/C16H18BrNO3/c1-9(16(21)10(2)15(20)8-19)13-7-18(3)14-5-4-11(17)6-12(13)14/h4-7,15-16,19-21H,1-2,8H2,3H3. The number of hydrogen-bond acceptors (Lipinski definition) is 3. The summed E-state index contributed by atoms with van der Waals surface area (Å²) in [6.07, 6.45) is -0.406. The van der Waals surface area contributed by atoms with Gasteiger partial charge in [-0.3, -0.25) is 0 Å². The number of aryl methyl sites for hydroxylation is 1. The van der Waals surface area contributed by atoms with Gasteiger partial charge in [-0.15, -0.1) is 0 Å². The Morgan fingerprint density at radius 1 is 1.33 bits per heavy atom. The van der Waals surface area contributed by atoms with E-state index < -0.39 is 18.8 Å². The molecule has 112 valence electrons. The van der Waals surface area contributed by atoms with Crippen molar-refractivity contribution in [2.75, 3.05) is 6.61 Å². The molecule has 2 aromatic rings. The molecule has 0 aliphatic heterocycles. The van der Waals surface area contributed by atoms with Crippen LogP contribution < -0.4 is 0 Å². The van der Waals surface area contributed by atoms with Gasteiger partial charge >= 0.3 is 0 Å². The van der Waals surface area contributed by atoms with Crippen molar-refractivity contribution in [3.63, 3.8) is 0 Å². The van der Waals surface area contributed by atoms with Gasteiger partial charge in [0.05, 0.1) is 6.61 Å². The maximum absolute atomic E-state index is 10.3. The molecule has 0 aliphatic carbocycles. The third-order valence-electron chi connectivity index (χ3n) is 3.58. The maximum atomic E-state index is 10.3. The fourth-order valence-corrected chi connectivity index (χ4v) is 2.65. The SMILES string of the molecule is C=C(c1cn(C)c2ccc(Br)cc12)C(O)C(=C)C(O)CO. The van der Waals surface area contributed by atoms with Gasteiger partial charge in [-0.05, 0) is 29.3 Å². The van der Waals surface area contributed by atoms with Gasteiger partial charge < -0.3 is 19.9 Å². The van der Waals surface area contributed by atoms with Crippen molar-refractivity contribution in [2.45, 2.75) is 12.2 Å². The minimum Gasteiger partial charge on any atom is -0.393 e. The molecule has 21 heavy (non-hydrogen) atoms. The highest BCUT2D eigenvalue weighted by molar-refractivity contribution is 9.10. The number of hydrogen-bond donors (Lipinski definition) is 3. The first-order chi connectivity index (χ1) is 9.86. The zero-order chi connectivity index (χ0) is 15.7. The van der Waals surface area contributed by atoms with Crippen LogP contribution in [-0.4, -0.2) is 38.7 Å². The van der Waals surface area contributed by atoms with Crippen LogP contribution in [0.25, 0.3) is 16.5 Å². The third kappa shape index (κ3) is 2.96. The van der Waals surface area contributed by atoms with Gasteiger partial charge in [0.15, 0.2) is 0 Å². The van der Waals surface area contributed by atoms with E-state index in [1.54, 1.807) is 0 Å². The lowest BCUT2D eigenvalue weighted by Gasteiger charge is -2.19. The number of aromatic nitrogens is 1. The minimum absolute atomic E-state index is 0.134. The zero-order valence-electron chi connectivity index (χ0n) is 11.8. The Kier molecular flexibility index (Phi) is 4.68. The average molecular weight is 352 g/mol. The van der Waals surface area contributed by atoms with Crippen LogP contribution >= 0.6 is 15.9 Å². The van der Waals surface area contributed by atoms with Crippen LogP contribution in [-0.2, 0) is 7.05 Å². The van der Waals surface area contributed by atoms with Crippen molar-refractivity contribution in [2.24, 2.45) is 7.05 Å². The van der Waals surface area contributed by atoms with E-state index in [9.17, 15) is 10.2 Å². The molecule has 0 aliphatic rings. The first kappa shape index (κ1) is 16.0. The van der Waals surface area contributed by atoms with E-state index in [0.29, 0.717) is 5.57 Å². The van der Waals surface area contributed by atoms with Crippen LogP contribution in [0, 0.1) is 0 Å². The molecule has 5 heteroatoms. The van der Waals surface area contributed by atoms with E-state index >= 15 is 0 Å². The van der Waals surface area contributed by atoms with Crippen LogP contribution in [0.1, 0.15) is 5.56 Å². The third-order valence-corrected chi connectivity index (χ3v) is 4.07. The molecule has 4 nitrogen and oxygen atoms in total. The minimum atomic E-state index is -1.17. The zero-order valence-corrected chi connectivity index (χ0v) is 13.3. The fraction of sp³-hybridized carbons (Fsp3) is 0.250. The van der Waals surface area contributed by atoms with E-state index in [2.05, 4.69) is 29.1 Å². The number of benzene rings is 1. The largest absolute Gasteiger partial charge is 0.393 e. The Labute approximate surface area is 131 Å². The smallest absolute Gasteiger partial charge is 0.102 e. The van der Waals surface area contributed by atoms with Crippen LogP contribution in [0.3, 0.4) is 0 Å². The van der Waals surface area contributed by atoms with E-state index in [4.69, 9.17) is 5.11 Å². The Morgan fingerprint density at radius 2 is 2.00 bits per heavy atom. The summed E-state index contributed by atoms with van der Waals surface area (Å²) in [7, 11) is 1.91. The molecule has 0 bridgehead atoms. The Morgan fingerprint density at radius 3 is 2.62 bits per heavy atom. The lowest BCUT2D eigenvalue weighted by Crippen LogP contribution is -2.24. The normalized spacial score (nSPS) is 14.1. The van der Waals surface area contributed by atoms with Crippen LogP contribution in [0.15, 0.2) is 47.6 Å². The summed E-state index contributed by atoms with van der Waals surface area (Å²) in [5.41, 5.74) is 2.37. The topological polar surface area (TPSA) is 65.6 Å². The predicted octanol–water partition coefficient (Wildman–Crippen LogP) is 2.22. The van der Waals surface area contributed by atoms with Crippen molar-refractivity contribution in [1.29, 1.82) is 0 Å². The molecular weight excluding hydrogens is 334 g/mol. The quantitative estimate of drug-likeness (QED) is 0.723. The second kappa shape index (κ2) is 6.15. The monoisotopic (exact) mass is 351 g/mol. The summed E-state index contributed by atoms with van der Waals surface area (Å²) in [4.78, 5) is 0. The van der Waals surface area contributed by atoms with Gasteiger partial charge in [0.2, 0.25) is 0 Å². The summed E-state index contributed by atoms with van der Waals surface area (Å²) < 4.78 is 2.87. The molecule has 2 rings (SSSR count). The van der Waals surface area contributed by atoms with Gasteiger partial charge in [0.1, 0.15) is 12.2 Å². The number of fused-ring (bicyclic) bond motifs is 1. The summed E-state index contributed by atoms with van der Waals surface area (Å²) >= 11 is 3.43. The fourth-order valence-electron chi connectivity index (χ4n) is 2.29. The summed E-state index contributed by atoms with van der Waals surface area (Å²) in [6, 6.07) is 5.87. The van der Waals surface area contributed by atoms with Crippen molar-refractivity contribution in [1.82, 2.24) is 4.57 Å². The molecule has 1 heterocycles. The Hall–Kier alpha value is -1.40. The lowest BCUT2D eigenvalue weighted by atomic mass is 9.94. The molecule has 2 unspecified atom stereocenters. The molecular formula is C16H18BrNO3. The predicted molar refractivity (Wildman–Crippen MR) is 87.9 cm³/mol.